The molecule has 6 heteroatoms. The van der Waals surface area contributed by atoms with Gasteiger partial charge in [0.15, 0.2) is 5.82 Å². The zero-order valence-corrected chi connectivity index (χ0v) is 15.1. The summed E-state index contributed by atoms with van der Waals surface area (Å²) in [6, 6.07) is 21.7. The second kappa shape index (κ2) is 7.36. The Morgan fingerprint density at radius 1 is 0.929 bits per heavy atom. The number of hydrogen-bond acceptors (Lipinski definition) is 6. The summed E-state index contributed by atoms with van der Waals surface area (Å²) in [6.07, 6.45) is 0. The van der Waals surface area contributed by atoms with Crippen LogP contribution in [0, 0.1) is 0 Å². The van der Waals surface area contributed by atoms with Gasteiger partial charge in [-0.05, 0) is 24.3 Å². The topological polar surface area (TPSA) is 84.3 Å². The average molecular weight is 371 g/mol. The third kappa shape index (κ3) is 3.35. The summed E-state index contributed by atoms with van der Waals surface area (Å²) >= 11 is 0. The Labute approximate surface area is 161 Å². The fourth-order valence-electron chi connectivity index (χ4n) is 3.01. The Hall–Kier alpha value is -3.93. The highest BCUT2D eigenvalue weighted by Crippen LogP contribution is 2.31. The van der Waals surface area contributed by atoms with Gasteiger partial charge in [-0.3, -0.25) is 0 Å². The molecular formula is C22H17N3O3. The molecule has 1 heterocycles. The van der Waals surface area contributed by atoms with Crippen molar-refractivity contribution in [1.82, 2.24) is 10.2 Å². The predicted octanol–water partition coefficient (Wildman–Crippen LogP) is 4.53. The maximum Gasteiger partial charge on any atom is 0.337 e. The van der Waals surface area contributed by atoms with Crippen molar-refractivity contribution in [2.24, 2.45) is 0 Å². The zero-order valence-electron chi connectivity index (χ0n) is 15.1. The van der Waals surface area contributed by atoms with Crippen molar-refractivity contribution in [3.63, 3.8) is 0 Å². The van der Waals surface area contributed by atoms with Crippen molar-refractivity contribution in [2.75, 3.05) is 12.4 Å². The summed E-state index contributed by atoms with van der Waals surface area (Å²) in [4.78, 5) is 11.6. The highest BCUT2D eigenvalue weighted by atomic mass is 16.5. The number of phenolic OH excluding ortho intramolecular Hbond substituents is 1. The Morgan fingerprint density at radius 2 is 1.68 bits per heavy atom. The maximum absolute atomic E-state index is 11.6. The summed E-state index contributed by atoms with van der Waals surface area (Å²) in [5.74, 6) is 0.383. The number of ether oxygens (including phenoxy) is 1. The van der Waals surface area contributed by atoms with Crippen LogP contribution in [0.2, 0.25) is 0 Å². The van der Waals surface area contributed by atoms with Gasteiger partial charge in [-0.1, -0.05) is 42.5 Å². The first-order valence-corrected chi connectivity index (χ1v) is 8.66. The normalized spacial score (nSPS) is 10.6. The lowest BCUT2D eigenvalue weighted by molar-refractivity contribution is 0.0601. The Balaban J connectivity index is 1.76. The molecule has 0 aliphatic rings. The Bertz CT molecular complexity index is 1160. The van der Waals surface area contributed by atoms with E-state index in [4.69, 9.17) is 4.74 Å². The molecule has 0 bridgehead atoms. The fraction of sp³-hybridized carbons (Fsp3) is 0.0455. The number of anilines is 2. The molecule has 4 aromatic rings. The molecule has 4 rings (SSSR count). The molecule has 0 unspecified atom stereocenters. The van der Waals surface area contributed by atoms with Gasteiger partial charge in [-0.15, -0.1) is 10.2 Å². The van der Waals surface area contributed by atoms with Crippen molar-refractivity contribution >= 4 is 28.2 Å². The standard InChI is InChI=1S/C22H17N3O3/c1-28-22(27)15-11-9-14(10-12-15)20-18-7-2-3-8-19(18)21(25-24-20)23-16-5-4-6-17(26)13-16/h2-13,26H,1H3,(H,23,25). The molecule has 0 atom stereocenters. The zero-order chi connectivity index (χ0) is 19.5. The van der Waals surface area contributed by atoms with Crippen LogP contribution >= 0.6 is 0 Å². The number of nitrogens with zero attached hydrogens (tertiary/aromatic N) is 2. The van der Waals surface area contributed by atoms with Gasteiger partial charge in [0.2, 0.25) is 0 Å². The van der Waals surface area contributed by atoms with Crippen molar-refractivity contribution in [2.45, 2.75) is 0 Å². The summed E-state index contributed by atoms with van der Waals surface area (Å²) in [5, 5.41) is 23.4. The summed E-state index contributed by atoms with van der Waals surface area (Å²) in [7, 11) is 1.35. The van der Waals surface area contributed by atoms with Crippen molar-refractivity contribution in [3.05, 3.63) is 78.4 Å². The number of carbonyl (C=O) groups is 1. The number of methoxy groups -OCH3 is 1. The third-order valence-electron chi connectivity index (χ3n) is 4.38. The molecule has 28 heavy (non-hydrogen) atoms. The Kier molecular flexibility index (Phi) is 4.60. The summed E-state index contributed by atoms with van der Waals surface area (Å²) < 4.78 is 4.74. The highest BCUT2D eigenvalue weighted by molar-refractivity contribution is 6.01. The lowest BCUT2D eigenvalue weighted by Gasteiger charge is -2.11. The van der Waals surface area contributed by atoms with Crippen LogP contribution in [0.4, 0.5) is 11.5 Å². The molecular weight excluding hydrogens is 354 g/mol. The van der Waals surface area contributed by atoms with Gasteiger partial charge < -0.3 is 15.2 Å². The van der Waals surface area contributed by atoms with E-state index in [1.165, 1.54) is 7.11 Å². The van der Waals surface area contributed by atoms with E-state index in [1.807, 2.05) is 42.5 Å². The van der Waals surface area contributed by atoms with Gasteiger partial charge in [-0.2, -0.15) is 0 Å². The largest absolute Gasteiger partial charge is 0.508 e. The van der Waals surface area contributed by atoms with Gasteiger partial charge in [0.05, 0.1) is 12.7 Å². The fourth-order valence-corrected chi connectivity index (χ4v) is 3.01. The van der Waals surface area contributed by atoms with Crippen LogP contribution < -0.4 is 5.32 Å². The molecule has 0 fully saturated rings. The predicted molar refractivity (Wildman–Crippen MR) is 108 cm³/mol. The van der Waals surface area contributed by atoms with E-state index < -0.39 is 0 Å². The number of aromatic nitrogens is 2. The second-order valence-electron chi connectivity index (χ2n) is 6.19. The number of carbonyl (C=O) groups excluding carboxylic acids is 1. The van der Waals surface area contributed by atoms with E-state index >= 15 is 0 Å². The molecule has 6 nitrogen and oxygen atoms in total. The third-order valence-corrected chi connectivity index (χ3v) is 4.38. The van der Waals surface area contributed by atoms with E-state index in [1.54, 1.807) is 30.3 Å². The average Bonchev–Trinajstić information content (AvgIpc) is 2.74. The molecule has 138 valence electrons. The van der Waals surface area contributed by atoms with Crippen molar-refractivity contribution in [3.8, 4) is 17.0 Å². The van der Waals surface area contributed by atoms with E-state index in [0.29, 0.717) is 17.1 Å². The van der Waals surface area contributed by atoms with Crippen LogP contribution in [0.25, 0.3) is 22.0 Å². The molecule has 2 N–H and O–H groups in total. The SMILES string of the molecule is COC(=O)c1ccc(-c2nnc(Nc3cccc(O)c3)c3ccccc23)cc1. The number of aromatic hydroxyl groups is 1. The van der Waals surface area contributed by atoms with Crippen LogP contribution in [-0.2, 0) is 4.74 Å². The van der Waals surface area contributed by atoms with Crippen molar-refractivity contribution < 1.29 is 14.6 Å². The van der Waals surface area contributed by atoms with Crippen LogP contribution in [0.1, 0.15) is 10.4 Å². The summed E-state index contributed by atoms with van der Waals surface area (Å²) in [5.41, 5.74) is 2.76. The molecule has 0 radical (unpaired) electrons. The summed E-state index contributed by atoms with van der Waals surface area (Å²) in [6.45, 7) is 0. The number of fused-ring (bicyclic) bond motifs is 1. The van der Waals surface area contributed by atoms with E-state index in [9.17, 15) is 9.90 Å². The highest BCUT2D eigenvalue weighted by Gasteiger charge is 2.12. The number of nitrogens with one attached hydrogen (secondary N) is 1. The first-order valence-electron chi connectivity index (χ1n) is 8.66. The quantitative estimate of drug-likeness (QED) is 0.513. The molecule has 3 aromatic carbocycles. The van der Waals surface area contributed by atoms with Gasteiger partial charge >= 0.3 is 5.97 Å². The van der Waals surface area contributed by atoms with Gasteiger partial charge in [0.25, 0.3) is 0 Å². The lowest BCUT2D eigenvalue weighted by atomic mass is 10.0. The van der Waals surface area contributed by atoms with E-state index in [0.717, 1.165) is 22.0 Å². The number of hydrogen-bond donors (Lipinski definition) is 2. The van der Waals surface area contributed by atoms with Gasteiger partial charge in [-0.25, -0.2) is 4.79 Å². The Morgan fingerprint density at radius 3 is 2.39 bits per heavy atom. The van der Waals surface area contributed by atoms with E-state index in [-0.39, 0.29) is 11.7 Å². The monoisotopic (exact) mass is 371 g/mol. The van der Waals surface area contributed by atoms with Crippen LogP contribution in [-0.4, -0.2) is 28.4 Å². The number of benzene rings is 3. The number of phenols is 1. The lowest BCUT2D eigenvalue weighted by Crippen LogP contribution is -2.01. The molecule has 1 aromatic heterocycles. The van der Waals surface area contributed by atoms with Crippen LogP contribution in [0.3, 0.4) is 0 Å². The molecule has 0 aliphatic carbocycles. The van der Waals surface area contributed by atoms with E-state index in [2.05, 4.69) is 15.5 Å². The minimum Gasteiger partial charge on any atom is -0.508 e. The minimum absolute atomic E-state index is 0.171. The van der Waals surface area contributed by atoms with Crippen LogP contribution in [0.15, 0.2) is 72.8 Å². The maximum atomic E-state index is 11.6. The van der Waals surface area contributed by atoms with Gasteiger partial charge in [0, 0.05) is 28.1 Å². The minimum atomic E-state index is -0.381. The molecule has 0 aliphatic heterocycles. The first-order chi connectivity index (χ1) is 13.7. The smallest absolute Gasteiger partial charge is 0.337 e. The second-order valence-corrected chi connectivity index (χ2v) is 6.19. The van der Waals surface area contributed by atoms with Crippen molar-refractivity contribution in [1.29, 1.82) is 0 Å². The molecule has 0 saturated carbocycles. The molecule has 0 saturated heterocycles. The molecule has 0 amide bonds. The van der Waals surface area contributed by atoms with Gasteiger partial charge in [0.1, 0.15) is 11.4 Å². The molecule has 0 spiro atoms. The van der Waals surface area contributed by atoms with Crippen LogP contribution in [0.5, 0.6) is 5.75 Å². The number of esters is 1. The number of rotatable bonds is 4. The first kappa shape index (κ1) is 17.5.